The highest BCUT2D eigenvalue weighted by atomic mass is 15.2. The van der Waals surface area contributed by atoms with E-state index in [2.05, 4.69) is 135 Å². The summed E-state index contributed by atoms with van der Waals surface area (Å²) >= 11 is 0. The molecular formula is C50H36N6. The van der Waals surface area contributed by atoms with Crippen LogP contribution in [-0.4, -0.2) is 19.5 Å². The molecule has 0 amide bonds. The second-order valence-electron chi connectivity index (χ2n) is 16.9. The molecule has 2 atom stereocenters. The van der Waals surface area contributed by atoms with Crippen molar-refractivity contribution < 1.29 is 0 Å². The van der Waals surface area contributed by atoms with Gasteiger partial charge in [0.25, 0.3) is 0 Å². The Kier molecular flexibility index (Phi) is 6.58. The predicted octanol–water partition coefficient (Wildman–Crippen LogP) is 11.0. The lowest BCUT2D eigenvalue weighted by atomic mass is 9.58. The first kappa shape index (κ1) is 32.5. The molecule has 0 saturated carbocycles. The van der Waals surface area contributed by atoms with Crippen molar-refractivity contribution in [3.8, 4) is 40.9 Å². The van der Waals surface area contributed by atoms with Crippen LogP contribution in [0.25, 0.3) is 50.5 Å². The van der Waals surface area contributed by atoms with E-state index < -0.39 is 0 Å². The van der Waals surface area contributed by atoms with Gasteiger partial charge in [0.15, 0.2) is 11.6 Å². The molecule has 6 heteroatoms. The number of aromatic nitrogens is 4. The van der Waals surface area contributed by atoms with Crippen LogP contribution in [0.15, 0.2) is 121 Å². The summed E-state index contributed by atoms with van der Waals surface area (Å²) < 4.78 is 2.18. The van der Waals surface area contributed by atoms with Crippen LogP contribution in [0.1, 0.15) is 102 Å². The molecule has 12 rings (SSSR count). The van der Waals surface area contributed by atoms with Gasteiger partial charge in [0.1, 0.15) is 0 Å². The summed E-state index contributed by atoms with van der Waals surface area (Å²) in [6.07, 6.45) is 0.956. The van der Waals surface area contributed by atoms with Gasteiger partial charge in [0.2, 0.25) is 5.95 Å². The zero-order chi connectivity index (χ0) is 38.1. The van der Waals surface area contributed by atoms with Crippen LogP contribution in [0.2, 0.25) is 0 Å². The topological polar surface area (TPSA) is 91.2 Å². The molecule has 2 unspecified atom stereocenters. The summed E-state index contributed by atoms with van der Waals surface area (Å²) in [7, 11) is 0. The van der Waals surface area contributed by atoms with E-state index in [4.69, 9.17) is 15.0 Å². The first-order chi connectivity index (χ1) is 27.2. The lowest BCUT2D eigenvalue weighted by Gasteiger charge is -2.45. The Morgan fingerprint density at radius 3 is 1.75 bits per heavy atom. The summed E-state index contributed by atoms with van der Waals surface area (Å²) in [5.74, 6) is 1.66. The van der Waals surface area contributed by atoms with Crippen molar-refractivity contribution in [2.24, 2.45) is 0 Å². The Balaban J connectivity index is 1.26. The Labute approximate surface area is 325 Å². The number of nitriles is 2. The molecule has 2 heterocycles. The third-order valence-electron chi connectivity index (χ3n) is 12.6. The van der Waals surface area contributed by atoms with Gasteiger partial charge in [-0.15, -0.1) is 0 Å². The molecule has 6 aromatic carbocycles. The summed E-state index contributed by atoms with van der Waals surface area (Å²) in [4.78, 5) is 16.1. The van der Waals surface area contributed by atoms with E-state index in [1.165, 1.54) is 38.9 Å². The molecule has 0 saturated heterocycles. The zero-order valence-electron chi connectivity index (χ0n) is 31.6. The maximum absolute atomic E-state index is 10.1. The standard InChI is InChI=1S/C50H36N6/c1-49(2)27-50(3,4)45-43-37(41-33-20-18-29(26-52)23-36(33)42(43)34-21-19-28(25-51)22-35(34)41)24-38(44(45)49)47-53-46(30-12-6-5-7-13-30)54-48(55-47)56-39-16-10-8-14-31(39)32-15-9-11-17-40(32)56/h5-24,41-42H,27H2,1-4H3. The van der Waals surface area contributed by atoms with Crippen LogP contribution in [0.4, 0.5) is 0 Å². The largest absolute Gasteiger partial charge is 0.278 e. The molecule has 56 heavy (non-hydrogen) atoms. The van der Waals surface area contributed by atoms with Gasteiger partial charge in [-0.3, -0.25) is 4.57 Å². The first-order valence-electron chi connectivity index (χ1n) is 19.3. The molecule has 0 radical (unpaired) electrons. The molecule has 0 N–H and O–H groups in total. The van der Waals surface area contributed by atoms with E-state index >= 15 is 0 Å². The minimum Gasteiger partial charge on any atom is -0.278 e. The number of benzene rings is 6. The number of hydrogen-bond donors (Lipinski definition) is 0. The molecule has 4 aliphatic carbocycles. The monoisotopic (exact) mass is 720 g/mol. The SMILES string of the molecule is CC1(C)CC(C)(C)c2c3c(cc(-c4nc(-c5ccccc5)nc(-n5c6ccccc6c6ccccc65)n4)c21)C1c2cc(C#N)ccc2C3c2cc(C#N)ccc21. The van der Waals surface area contributed by atoms with Crippen LogP contribution in [0.3, 0.4) is 0 Å². The van der Waals surface area contributed by atoms with Gasteiger partial charge in [-0.1, -0.05) is 107 Å². The van der Waals surface area contributed by atoms with E-state index in [9.17, 15) is 10.5 Å². The first-order valence-corrected chi connectivity index (χ1v) is 19.3. The van der Waals surface area contributed by atoms with E-state index in [1.54, 1.807) is 0 Å². The van der Waals surface area contributed by atoms with E-state index in [1.807, 2.05) is 30.3 Å². The van der Waals surface area contributed by atoms with Crippen molar-refractivity contribution in [3.05, 3.63) is 177 Å². The number of rotatable bonds is 3. The summed E-state index contributed by atoms with van der Waals surface area (Å²) in [5, 5.41) is 22.4. The predicted molar refractivity (Wildman–Crippen MR) is 220 cm³/mol. The van der Waals surface area contributed by atoms with E-state index in [-0.39, 0.29) is 22.7 Å². The Hall–Kier alpha value is -6.89. The maximum atomic E-state index is 10.1. The molecule has 0 fully saturated rings. The van der Waals surface area contributed by atoms with Gasteiger partial charge in [-0.2, -0.15) is 20.5 Å². The molecule has 4 aliphatic rings. The molecule has 0 spiro atoms. The second-order valence-corrected chi connectivity index (χ2v) is 16.9. The molecule has 8 aromatic rings. The number of nitrogens with zero attached hydrogens (tertiary/aromatic N) is 6. The van der Waals surface area contributed by atoms with Crippen molar-refractivity contribution in [1.29, 1.82) is 10.5 Å². The summed E-state index contributed by atoms with van der Waals surface area (Å²) in [6, 6.07) is 46.6. The highest BCUT2D eigenvalue weighted by Gasteiger charge is 2.51. The molecule has 2 aromatic heterocycles. The zero-order valence-corrected chi connectivity index (χ0v) is 31.6. The van der Waals surface area contributed by atoms with E-state index in [0.29, 0.717) is 28.7 Å². The summed E-state index contributed by atoms with van der Waals surface area (Å²) in [6.45, 7) is 9.48. The van der Waals surface area contributed by atoms with Gasteiger partial charge >= 0.3 is 0 Å². The fraction of sp³-hybridized carbons (Fsp3) is 0.180. The average molecular weight is 721 g/mol. The Morgan fingerprint density at radius 1 is 0.554 bits per heavy atom. The minimum absolute atomic E-state index is 0.0663. The Bertz CT molecular complexity index is 3050. The normalized spacial score (nSPS) is 17.8. The van der Waals surface area contributed by atoms with Gasteiger partial charge in [0, 0.05) is 33.7 Å². The van der Waals surface area contributed by atoms with Crippen LogP contribution < -0.4 is 0 Å². The fourth-order valence-corrected chi connectivity index (χ4v) is 10.9. The molecule has 6 nitrogen and oxygen atoms in total. The van der Waals surface area contributed by atoms with Crippen molar-refractivity contribution in [2.45, 2.75) is 56.8 Å². The Morgan fingerprint density at radius 2 is 1.11 bits per heavy atom. The minimum atomic E-state index is -0.197. The van der Waals surface area contributed by atoms with Gasteiger partial charge < -0.3 is 0 Å². The highest BCUT2D eigenvalue weighted by Crippen LogP contribution is 2.63. The molecule has 266 valence electrons. The molecule has 0 aliphatic heterocycles. The van der Waals surface area contributed by atoms with Crippen LogP contribution in [0.5, 0.6) is 0 Å². The van der Waals surface area contributed by atoms with Crippen molar-refractivity contribution in [2.75, 3.05) is 0 Å². The third kappa shape index (κ3) is 4.39. The van der Waals surface area contributed by atoms with Gasteiger partial charge in [-0.25, -0.2) is 4.98 Å². The number of fused-ring (bicyclic) bond motifs is 4. The van der Waals surface area contributed by atoms with Crippen LogP contribution in [-0.2, 0) is 10.8 Å². The highest BCUT2D eigenvalue weighted by molar-refractivity contribution is 6.09. The lowest BCUT2D eigenvalue weighted by molar-refractivity contribution is 0.402. The third-order valence-corrected chi connectivity index (χ3v) is 12.6. The average Bonchev–Trinajstić information content (AvgIpc) is 3.66. The smallest absolute Gasteiger partial charge is 0.238 e. The van der Waals surface area contributed by atoms with E-state index in [0.717, 1.165) is 44.9 Å². The molecular weight excluding hydrogens is 685 g/mol. The van der Waals surface area contributed by atoms with Gasteiger partial charge in [0.05, 0.1) is 34.3 Å². The van der Waals surface area contributed by atoms with Gasteiger partial charge in [-0.05, 0) is 104 Å². The van der Waals surface area contributed by atoms with Crippen LogP contribution in [0, 0.1) is 22.7 Å². The number of hydrogen-bond acceptors (Lipinski definition) is 5. The lowest BCUT2D eigenvalue weighted by Crippen LogP contribution is -2.31. The fourth-order valence-electron chi connectivity index (χ4n) is 10.9. The van der Waals surface area contributed by atoms with Crippen LogP contribution >= 0.6 is 0 Å². The number of para-hydroxylation sites is 2. The quantitative estimate of drug-likeness (QED) is 0.181. The second kappa shape index (κ2) is 11.3. The summed E-state index contributed by atoms with van der Waals surface area (Å²) in [5.41, 5.74) is 14.9. The molecule has 2 bridgehead atoms. The van der Waals surface area contributed by atoms with Crippen molar-refractivity contribution in [1.82, 2.24) is 19.5 Å². The van der Waals surface area contributed by atoms with Crippen molar-refractivity contribution >= 4 is 21.8 Å². The maximum Gasteiger partial charge on any atom is 0.238 e. The van der Waals surface area contributed by atoms with Crippen molar-refractivity contribution in [3.63, 3.8) is 0 Å².